The van der Waals surface area contributed by atoms with E-state index in [1.54, 1.807) is 36.3 Å². The number of carbonyl (C=O) groups excluding carboxylic acids is 2. The Balaban J connectivity index is 2.03. The van der Waals surface area contributed by atoms with E-state index in [0.29, 0.717) is 35.8 Å². The molecule has 0 spiro atoms. The third-order valence-corrected chi connectivity index (χ3v) is 3.87. The fraction of sp³-hybridized carbons (Fsp3) is 0.333. The Morgan fingerprint density at radius 1 is 1.07 bits per heavy atom. The molecule has 6 heteroatoms. The smallest absolute Gasteiger partial charge is 0.251 e. The van der Waals surface area contributed by atoms with Crippen LogP contribution in [0.4, 0.5) is 5.69 Å². The highest BCUT2D eigenvalue weighted by molar-refractivity contribution is 5.95. The third kappa shape index (κ3) is 5.74. The normalized spacial score (nSPS) is 10.4. The number of ether oxygens (including phenoxy) is 2. The zero-order valence-electron chi connectivity index (χ0n) is 16.2. The van der Waals surface area contributed by atoms with Crippen LogP contribution in [0.15, 0.2) is 48.5 Å². The molecule has 0 aliphatic heterocycles. The number of anilines is 1. The van der Waals surface area contributed by atoms with Gasteiger partial charge in [-0.3, -0.25) is 9.59 Å². The molecule has 0 aromatic heterocycles. The summed E-state index contributed by atoms with van der Waals surface area (Å²) in [5.41, 5.74) is 1.23. The van der Waals surface area contributed by atoms with Gasteiger partial charge in [0.2, 0.25) is 5.91 Å². The van der Waals surface area contributed by atoms with Crippen LogP contribution in [0.2, 0.25) is 0 Å². The lowest BCUT2D eigenvalue weighted by molar-refractivity contribution is -0.116. The molecule has 2 rings (SSSR count). The topological polar surface area (TPSA) is 67.9 Å². The van der Waals surface area contributed by atoms with Gasteiger partial charge in [0.1, 0.15) is 11.5 Å². The summed E-state index contributed by atoms with van der Waals surface area (Å²) in [7, 11) is 1.58. The van der Waals surface area contributed by atoms with E-state index in [1.165, 1.54) is 6.92 Å². The van der Waals surface area contributed by atoms with Gasteiger partial charge in [-0.2, -0.15) is 0 Å². The number of carbonyl (C=O) groups is 2. The molecule has 0 aliphatic carbocycles. The maximum atomic E-state index is 12.3. The fourth-order valence-electron chi connectivity index (χ4n) is 2.61. The average molecular weight is 370 g/mol. The molecule has 27 heavy (non-hydrogen) atoms. The molecule has 0 saturated heterocycles. The van der Waals surface area contributed by atoms with Gasteiger partial charge in [0.25, 0.3) is 5.91 Å². The summed E-state index contributed by atoms with van der Waals surface area (Å²) < 4.78 is 10.9. The molecule has 0 saturated carbocycles. The first kappa shape index (κ1) is 20.3. The monoisotopic (exact) mass is 370 g/mol. The molecule has 2 amide bonds. The lowest BCUT2D eigenvalue weighted by atomic mass is 10.2. The zero-order chi connectivity index (χ0) is 19.8. The summed E-state index contributed by atoms with van der Waals surface area (Å²) in [6.07, 6.45) is -0.00488. The Hall–Kier alpha value is -3.02. The van der Waals surface area contributed by atoms with Crippen LogP contribution >= 0.6 is 0 Å². The van der Waals surface area contributed by atoms with E-state index in [9.17, 15) is 9.59 Å². The number of nitrogens with zero attached hydrogens (tertiary/aromatic N) is 1. The second kappa shape index (κ2) is 9.62. The second-order valence-electron chi connectivity index (χ2n) is 6.29. The Morgan fingerprint density at radius 3 is 2.33 bits per heavy atom. The highest BCUT2D eigenvalue weighted by atomic mass is 16.5. The first-order valence-corrected chi connectivity index (χ1v) is 8.88. The van der Waals surface area contributed by atoms with Crippen molar-refractivity contribution in [2.45, 2.75) is 26.9 Å². The van der Waals surface area contributed by atoms with Crippen LogP contribution in [0.5, 0.6) is 11.5 Å². The van der Waals surface area contributed by atoms with Crippen LogP contribution in [-0.4, -0.2) is 38.1 Å². The maximum absolute atomic E-state index is 12.3. The number of hydrogen-bond acceptors (Lipinski definition) is 4. The molecule has 144 valence electrons. The summed E-state index contributed by atoms with van der Waals surface area (Å²) in [4.78, 5) is 26.0. The number of nitrogens with one attached hydrogen (secondary N) is 1. The third-order valence-electron chi connectivity index (χ3n) is 3.87. The molecule has 1 N–H and O–H groups in total. The van der Waals surface area contributed by atoms with Crippen molar-refractivity contribution in [2.75, 3.05) is 25.1 Å². The molecule has 0 aliphatic rings. The Bertz CT molecular complexity index is 772. The molecular formula is C21H26N2O4. The molecule has 0 atom stereocenters. The minimum atomic E-state index is -0.201. The maximum Gasteiger partial charge on any atom is 0.251 e. The van der Waals surface area contributed by atoms with E-state index >= 15 is 0 Å². The van der Waals surface area contributed by atoms with Gasteiger partial charge in [-0.05, 0) is 50.2 Å². The number of benzene rings is 2. The molecule has 0 heterocycles. The van der Waals surface area contributed by atoms with Gasteiger partial charge >= 0.3 is 0 Å². The largest absolute Gasteiger partial charge is 0.497 e. The van der Waals surface area contributed by atoms with Crippen molar-refractivity contribution in [1.29, 1.82) is 0 Å². The van der Waals surface area contributed by atoms with Gasteiger partial charge in [0, 0.05) is 25.6 Å². The SMILES string of the molecule is COc1ccc(C(=O)NCCN(C(C)=O)c2ccccc2OC(C)C)cc1. The Kier molecular flexibility index (Phi) is 7.23. The van der Waals surface area contributed by atoms with Crippen LogP contribution < -0.4 is 19.7 Å². The average Bonchev–Trinajstić information content (AvgIpc) is 2.65. The van der Waals surface area contributed by atoms with Crippen LogP contribution in [0, 0.1) is 0 Å². The number of rotatable bonds is 8. The van der Waals surface area contributed by atoms with Gasteiger partial charge in [-0.1, -0.05) is 12.1 Å². The van der Waals surface area contributed by atoms with Gasteiger partial charge in [0.15, 0.2) is 0 Å². The Morgan fingerprint density at radius 2 is 1.74 bits per heavy atom. The molecule has 0 bridgehead atoms. The number of methoxy groups -OCH3 is 1. The van der Waals surface area contributed by atoms with Crippen molar-refractivity contribution < 1.29 is 19.1 Å². The van der Waals surface area contributed by atoms with E-state index in [1.807, 2.05) is 38.1 Å². The quantitative estimate of drug-likeness (QED) is 0.774. The highest BCUT2D eigenvalue weighted by Gasteiger charge is 2.17. The van der Waals surface area contributed by atoms with Gasteiger partial charge in [-0.25, -0.2) is 0 Å². The summed E-state index contributed by atoms with van der Waals surface area (Å²) in [6.45, 7) is 6.03. The van der Waals surface area contributed by atoms with Crippen LogP contribution in [0.1, 0.15) is 31.1 Å². The minimum Gasteiger partial charge on any atom is -0.497 e. The van der Waals surface area contributed by atoms with Crippen molar-refractivity contribution in [3.05, 3.63) is 54.1 Å². The van der Waals surface area contributed by atoms with Crippen LogP contribution in [-0.2, 0) is 4.79 Å². The number of para-hydroxylation sites is 2. The van der Waals surface area contributed by atoms with Crippen molar-refractivity contribution in [3.8, 4) is 11.5 Å². The number of hydrogen-bond donors (Lipinski definition) is 1. The first-order chi connectivity index (χ1) is 12.9. The molecule has 6 nitrogen and oxygen atoms in total. The highest BCUT2D eigenvalue weighted by Crippen LogP contribution is 2.28. The molecule has 2 aromatic carbocycles. The number of amides is 2. The standard InChI is InChI=1S/C21H26N2O4/c1-15(2)27-20-8-6-5-7-19(20)23(16(3)24)14-13-22-21(25)17-9-11-18(26-4)12-10-17/h5-12,15H,13-14H2,1-4H3,(H,22,25). The van der Waals surface area contributed by atoms with Gasteiger partial charge in [0.05, 0.1) is 18.9 Å². The molecule has 2 aromatic rings. The van der Waals surface area contributed by atoms with Crippen LogP contribution in [0.3, 0.4) is 0 Å². The molecule has 0 unspecified atom stereocenters. The van der Waals surface area contributed by atoms with Gasteiger partial charge in [-0.15, -0.1) is 0 Å². The molecule has 0 fully saturated rings. The summed E-state index contributed by atoms with van der Waals surface area (Å²) >= 11 is 0. The Labute approximate surface area is 160 Å². The fourth-order valence-corrected chi connectivity index (χ4v) is 2.61. The predicted molar refractivity (Wildman–Crippen MR) is 106 cm³/mol. The summed E-state index contributed by atoms with van der Waals surface area (Å²) in [5, 5.41) is 2.84. The first-order valence-electron chi connectivity index (χ1n) is 8.88. The summed E-state index contributed by atoms with van der Waals surface area (Å²) in [6, 6.07) is 14.3. The predicted octanol–water partition coefficient (Wildman–Crippen LogP) is 3.27. The van der Waals surface area contributed by atoms with Crippen molar-refractivity contribution in [3.63, 3.8) is 0 Å². The molecular weight excluding hydrogens is 344 g/mol. The second-order valence-corrected chi connectivity index (χ2v) is 6.29. The van der Waals surface area contributed by atoms with E-state index in [4.69, 9.17) is 9.47 Å². The zero-order valence-corrected chi connectivity index (χ0v) is 16.2. The van der Waals surface area contributed by atoms with E-state index < -0.39 is 0 Å². The van der Waals surface area contributed by atoms with Gasteiger partial charge < -0.3 is 19.7 Å². The lowest BCUT2D eigenvalue weighted by Gasteiger charge is -2.24. The van der Waals surface area contributed by atoms with E-state index in [0.717, 1.165) is 0 Å². The van der Waals surface area contributed by atoms with Crippen molar-refractivity contribution >= 4 is 17.5 Å². The molecule has 0 radical (unpaired) electrons. The van der Waals surface area contributed by atoms with Crippen LogP contribution in [0.25, 0.3) is 0 Å². The van der Waals surface area contributed by atoms with Crippen molar-refractivity contribution in [1.82, 2.24) is 5.32 Å². The van der Waals surface area contributed by atoms with Crippen molar-refractivity contribution in [2.24, 2.45) is 0 Å². The minimum absolute atomic E-state index is 0.00488. The van der Waals surface area contributed by atoms with E-state index in [2.05, 4.69) is 5.32 Å². The van der Waals surface area contributed by atoms with E-state index in [-0.39, 0.29) is 17.9 Å². The lowest BCUT2D eigenvalue weighted by Crippen LogP contribution is -2.37. The summed E-state index contributed by atoms with van der Waals surface area (Å²) in [5.74, 6) is 1.02.